The average molecular weight is 304 g/mol. The molecule has 0 amide bonds. The maximum atomic E-state index is 6.48. The van der Waals surface area contributed by atoms with Crippen LogP contribution in [0.4, 0.5) is 0 Å². The molecule has 0 saturated heterocycles. The summed E-state index contributed by atoms with van der Waals surface area (Å²) in [6, 6.07) is 12.9. The summed E-state index contributed by atoms with van der Waals surface area (Å²) >= 11 is 3.62. The van der Waals surface area contributed by atoms with Crippen LogP contribution in [0.1, 0.15) is 31.4 Å². The lowest BCUT2D eigenvalue weighted by Gasteiger charge is -2.22. The summed E-state index contributed by atoms with van der Waals surface area (Å²) in [6.07, 6.45) is 2.70. The van der Waals surface area contributed by atoms with E-state index >= 15 is 0 Å². The molecule has 1 saturated carbocycles. The van der Waals surface area contributed by atoms with Crippen LogP contribution in [0.25, 0.3) is 10.8 Å². The smallest absolute Gasteiger partial charge is 0.0329 e. The maximum absolute atomic E-state index is 6.48. The van der Waals surface area contributed by atoms with Crippen LogP contribution in [0, 0.1) is 11.8 Å². The molecule has 2 unspecified atom stereocenters. The van der Waals surface area contributed by atoms with E-state index in [0.29, 0.717) is 5.92 Å². The molecule has 0 aromatic heterocycles. The van der Waals surface area contributed by atoms with E-state index in [0.717, 1.165) is 10.4 Å². The van der Waals surface area contributed by atoms with Crippen molar-refractivity contribution in [2.45, 2.75) is 25.8 Å². The molecule has 1 nitrogen and oxygen atoms in total. The molecule has 94 valence electrons. The lowest BCUT2D eigenvalue weighted by Crippen LogP contribution is -2.20. The first-order valence-corrected chi connectivity index (χ1v) is 7.40. The third kappa shape index (κ3) is 2.08. The Kier molecular flexibility index (Phi) is 3.16. The summed E-state index contributed by atoms with van der Waals surface area (Å²) in [4.78, 5) is 0. The van der Waals surface area contributed by atoms with Gasteiger partial charge in [0, 0.05) is 10.5 Å². The number of fused-ring (bicyclic) bond motifs is 1. The highest BCUT2D eigenvalue weighted by Gasteiger charge is 2.32. The van der Waals surface area contributed by atoms with E-state index in [1.165, 1.54) is 29.2 Å². The number of benzene rings is 2. The standard InChI is InChI=1S/C16H18BrN/c1-10(11-6-7-11)16(18)14-8-9-15(17)13-5-3-2-4-12(13)14/h2-5,8-11,16H,6-7,18H2,1H3. The highest BCUT2D eigenvalue weighted by atomic mass is 79.9. The van der Waals surface area contributed by atoms with Crippen molar-refractivity contribution in [2.75, 3.05) is 0 Å². The summed E-state index contributed by atoms with van der Waals surface area (Å²) in [5.74, 6) is 1.41. The van der Waals surface area contributed by atoms with Crippen molar-refractivity contribution < 1.29 is 0 Å². The summed E-state index contributed by atoms with van der Waals surface area (Å²) in [7, 11) is 0. The van der Waals surface area contributed by atoms with Crippen molar-refractivity contribution in [2.24, 2.45) is 17.6 Å². The minimum absolute atomic E-state index is 0.149. The first kappa shape index (κ1) is 12.2. The highest BCUT2D eigenvalue weighted by Crippen LogP contribution is 2.43. The Balaban J connectivity index is 2.08. The molecule has 0 heterocycles. The fourth-order valence-electron chi connectivity index (χ4n) is 2.77. The normalized spacial score (nSPS) is 18.8. The molecule has 0 radical (unpaired) electrons. The summed E-state index contributed by atoms with van der Waals surface area (Å²) in [5.41, 5.74) is 7.77. The lowest BCUT2D eigenvalue weighted by molar-refractivity contribution is 0.419. The molecule has 18 heavy (non-hydrogen) atoms. The summed E-state index contributed by atoms with van der Waals surface area (Å²) < 4.78 is 1.15. The van der Waals surface area contributed by atoms with Crippen molar-refractivity contribution in [1.29, 1.82) is 0 Å². The van der Waals surface area contributed by atoms with Gasteiger partial charge < -0.3 is 5.73 Å². The second-order valence-electron chi connectivity index (χ2n) is 5.40. The van der Waals surface area contributed by atoms with Crippen molar-refractivity contribution in [3.63, 3.8) is 0 Å². The fourth-order valence-corrected chi connectivity index (χ4v) is 3.25. The van der Waals surface area contributed by atoms with Gasteiger partial charge in [0.25, 0.3) is 0 Å². The second kappa shape index (κ2) is 4.67. The molecule has 0 spiro atoms. The van der Waals surface area contributed by atoms with Crippen molar-refractivity contribution >= 4 is 26.7 Å². The molecule has 3 rings (SSSR count). The van der Waals surface area contributed by atoms with Crippen LogP contribution < -0.4 is 5.73 Å². The molecule has 2 N–H and O–H groups in total. The van der Waals surface area contributed by atoms with Gasteiger partial charge in [-0.1, -0.05) is 53.2 Å². The Bertz CT molecular complexity index is 574. The molecule has 2 atom stereocenters. The zero-order valence-corrected chi connectivity index (χ0v) is 12.2. The monoisotopic (exact) mass is 303 g/mol. The number of rotatable bonds is 3. The van der Waals surface area contributed by atoms with Gasteiger partial charge in [0.1, 0.15) is 0 Å². The van der Waals surface area contributed by atoms with E-state index in [4.69, 9.17) is 5.73 Å². The molecule has 2 heteroatoms. The molecule has 1 aliphatic rings. The molecule has 0 aliphatic heterocycles. The Labute approximate surface area is 117 Å². The quantitative estimate of drug-likeness (QED) is 0.877. The van der Waals surface area contributed by atoms with E-state index in [1.54, 1.807) is 0 Å². The van der Waals surface area contributed by atoms with Gasteiger partial charge in [-0.2, -0.15) is 0 Å². The third-order valence-electron chi connectivity index (χ3n) is 4.20. The largest absolute Gasteiger partial charge is 0.324 e. The second-order valence-corrected chi connectivity index (χ2v) is 6.26. The van der Waals surface area contributed by atoms with Gasteiger partial charge in [0.2, 0.25) is 0 Å². The van der Waals surface area contributed by atoms with Crippen LogP contribution in [-0.4, -0.2) is 0 Å². The topological polar surface area (TPSA) is 26.0 Å². The maximum Gasteiger partial charge on any atom is 0.0329 e. The molecule has 1 fully saturated rings. The van der Waals surface area contributed by atoms with Gasteiger partial charge in [-0.05, 0) is 47.1 Å². The van der Waals surface area contributed by atoms with Crippen LogP contribution >= 0.6 is 15.9 Å². The fraction of sp³-hybridized carbons (Fsp3) is 0.375. The van der Waals surface area contributed by atoms with Gasteiger partial charge in [-0.25, -0.2) is 0 Å². The van der Waals surface area contributed by atoms with E-state index in [1.807, 2.05) is 0 Å². The zero-order valence-electron chi connectivity index (χ0n) is 10.6. The van der Waals surface area contributed by atoms with Gasteiger partial charge in [0.05, 0.1) is 0 Å². The van der Waals surface area contributed by atoms with Crippen molar-refractivity contribution in [1.82, 2.24) is 0 Å². The van der Waals surface area contributed by atoms with Crippen molar-refractivity contribution in [3.8, 4) is 0 Å². The van der Waals surface area contributed by atoms with Gasteiger partial charge in [-0.3, -0.25) is 0 Å². The number of halogens is 1. The number of hydrogen-bond donors (Lipinski definition) is 1. The molecular formula is C16H18BrN. The van der Waals surface area contributed by atoms with Gasteiger partial charge >= 0.3 is 0 Å². The molecule has 2 aromatic carbocycles. The van der Waals surface area contributed by atoms with E-state index in [-0.39, 0.29) is 6.04 Å². The molecule has 2 aromatic rings. The molecule has 0 bridgehead atoms. The highest BCUT2D eigenvalue weighted by molar-refractivity contribution is 9.10. The predicted molar refractivity (Wildman–Crippen MR) is 80.5 cm³/mol. The first-order valence-electron chi connectivity index (χ1n) is 6.61. The molecular weight excluding hydrogens is 286 g/mol. The van der Waals surface area contributed by atoms with Crippen molar-refractivity contribution in [3.05, 3.63) is 46.4 Å². The summed E-state index contributed by atoms with van der Waals surface area (Å²) in [5, 5.41) is 2.54. The Morgan fingerprint density at radius 1 is 1.11 bits per heavy atom. The SMILES string of the molecule is CC(C1CC1)C(N)c1ccc(Br)c2ccccc12. The third-order valence-corrected chi connectivity index (χ3v) is 4.89. The van der Waals surface area contributed by atoms with Crippen LogP contribution in [-0.2, 0) is 0 Å². The Morgan fingerprint density at radius 3 is 2.44 bits per heavy atom. The minimum Gasteiger partial charge on any atom is -0.324 e. The number of hydrogen-bond acceptors (Lipinski definition) is 1. The average Bonchev–Trinajstić information content (AvgIpc) is 3.22. The summed E-state index contributed by atoms with van der Waals surface area (Å²) in [6.45, 7) is 2.29. The van der Waals surface area contributed by atoms with Crippen LogP contribution in [0.15, 0.2) is 40.9 Å². The Hall–Kier alpha value is -0.860. The van der Waals surface area contributed by atoms with E-state index < -0.39 is 0 Å². The lowest BCUT2D eigenvalue weighted by atomic mass is 9.88. The minimum atomic E-state index is 0.149. The molecule has 1 aliphatic carbocycles. The number of nitrogens with two attached hydrogens (primary N) is 1. The van der Waals surface area contributed by atoms with Crippen LogP contribution in [0.3, 0.4) is 0 Å². The van der Waals surface area contributed by atoms with Crippen LogP contribution in [0.5, 0.6) is 0 Å². The van der Waals surface area contributed by atoms with E-state index in [9.17, 15) is 0 Å². The predicted octanol–water partition coefficient (Wildman–Crippen LogP) is 4.65. The van der Waals surface area contributed by atoms with Gasteiger partial charge in [0.15, 0.2) is 0 Å². The van der Waals surface area contributed by atoms with E-state index in [2.05, 4.69) is 59.3 Å². The van der Waals surface area contributed by atoms with Gasteiger partial charge in [-0.15, -0.1) is 0 Å². The van der Waals surface area contributed by atoms with Crippen LogP contribution in [0.2, 0.25) is 0 Å². The first-order chi connectivity index (χ1) is 8.68. The zero-order chi connectivity index (χ0) is 12.7. The Morgan fingerprint density at radius 2 is 1.78 bits per heavy atom.